The van der Waals surface area contributed by atoms with E-state index in [2.05, 4.69) is 0 Å². The van der Waals surface area contributed by atoms with Crippen molar-refractivity contribution in [1.82, 2.24) is 5.09 Å². The predicted molar refractivity (Wildman–Crippen MR) is 53.7 cm³/mol. The van der Waals surface area contributed by atoms with E-state index in [1.807, 2.05) is 18.9 Å². The predicted octanol–water partition coefficient (Wildman–Crippen LogP) is 1.82. The van der Waals surface area contributed by atoms with Crippen molar-refractivity contribution in [2.24, 2.45) is 0 Å². The van der Waals surface area contributed by atoms with Gasteiger partial charge in [-0.25, -0.2) is 4.57 Å². The average Bonchev–Trinajstić information content (AvgIpc) is 2.13. The molecule has 0 bridgehead atoms. The SMILES string of the molecule is CCC(=O)NP(=O)(O)OC(CC)CC. The number of nitrogens with one attached hydrogen (secondary N) is 1. The van der Waals surface area contributed by atoms with Crippen LogP contribution in [0.15, 0.2) is 0 Å². The number of hydrogen-bond donors (Lipinski definition) is 2. The van der Waals surface area contributed by atoms with E-state index in [4.69, 9.17) is 4.52 Å². The van der Waals surface area contributed by atoms with Crippen molar-refractivity contribution in [3.8, 4) is 0 Å². The minimum absolute atomic E-state index is 0.164. The third-order valence-corrected chi connectivity index (χ3v) is 2.91. The van der Waals surface area contributed by atoms with Gasteiger partial charge in [0, 0.05) is 6.42 Å². The lowest BCUT2D eigenvalue weighted by Crippen LogP contribution is -2.23. The van der Waals surface area contributed by atoms with Gasteiger partial charge in [0.15, 0.2) is 0 Å². The minimum atomic E-state index is -3.95. The summed E-state index contributed by atoms with van der Waals surface area (Å²) in [5.74, 6) is -0.484. The van der Waals surface area contributed by atoms with Gasteiger partial charge in [-0.05, 0) is 12.8 Å². The van der Waals surface area contributed by atoms with Crippen LogP contribution in [0.3, 0.4) is 0 Å². The summed E-state index contributed by atoms with van der Waals surface area (Å²) in [4.78, 5) is 20.1. The highest BCUT2D eigenvalue weighted by molar-refractivity contribution is 7.51. The summed E-state index contributed by atoms with van der Waals surface area (Å²) in [6.07, 6.45) is 1.16. The molecule has 1 amide bonds. The van der Waals surface area contributed by atoms with E-state index in [0.29, 0.717) is 12.8 Å². The Hall–Kier alpha value is -0.380. The van der Waals surface area contributed by atoms with Crippen LogP contribution in [0.25, 0.3) is 0 Å². The zero-order valence-electron chi connectivity index (χ0n) is 8.82. The molecule has 2 N–H and O–H groups in total. The number of hydrogen-bond acceptors (Lipinski definition) is 3. The van der Waals surface area contributed by atoms with Gasteiger partial charge in [-0.3, -0.25) is 14.4 Å². The molecule has 0 saturated carbocycles. The maximum absolute atomic E-state index is 11.3. The molecule has 0 fully saturated rings. The van der Waals surface area contributed by atoms with Gasteiger partial charge in [-0.1, -0.05) is 20.8 Å². The Labute approximate surface area is 84.4 Å². The van der Waals surface area contributed by atoms with E-state index in [0.717, 1.165) is 0 Å². The molecule has 6 heteroatoms. The van der Waals surface area contributed by atoms with Crippen molar-refractivity contribution in [2.45, 2.75) is 46.1 Å². The highest BCUT2D eigenvalue weighted by Gasteiger charge is 2.25. The fourth-order valence-corrected chi connectivity index (χ4v) is 2.13. The molecule has 14 heavy (non-hydrogen) atoms. The number of rotatable bonds is 6. The zero-order chi connectivity index (χ0) is 11.2. The molecule has 0 aromatic rings. The molecule has 0 aliphatic rings. The van der Waals surface area contributed by atoms with E-state index >= 15 is 0 Å². The van der Waals surface area contributed by atoms with Crippen molar-refractivity contribution in [3.63, 3.8) is 0 Å². The molecule has 0 heterocycles. The van der Waals surface area contributed by atoms with Crippen molar-refractivity contribution >= 4 is 13.7 Å². The fraction of sp³-hybridized carbons (Fsp3) is 0.875. The molecule has 1 atom stereocenters. The van der Waals surface area contributed by atoms with Crippen molar-refractivity contribution in [1.29, 1.82) is 0 Å². The van der Waals surface area contributed by atoms with Gasteiger partial charge >= 0.3 is 7.75 Å². The first-order valence-electron chi connectivity index (χ1n) is 4.77. The summed E-state index contributed by atoms with van der Waals surface area (Å²) in [7, 11) is -3.95. The van der Waals surface area contributed by atoms with E-state index in [9.17, 15) is 14.3 Å². The summed E-state index contributed by atoms with van der Waals surface area (Å²) < 4.78 is 16.2. The van der Waals surface area contributed by atoms with Crippen LogP contribution in [0.1, 0.15) is 40.0 Å². The smallest absolute Gasteiger partial charge is 0.308 e. The van der Waals surface area contributed by atoms with Crippen LogP contribution in [0.2, 0.25) is 0 Å². The highest BCUT2D eigenvalue weighted by atomic mass is 31.2. The standard InChI is InChI=1S/C8H18NO4P/c1-4-7(5-2)13-14(11,12)9-8(10)6-3/h7H,4-6H2,1-3H3,(H2,9,10,11,12). The van der Waals surface area contributed by atoms with Crippen LogP contribution in [-0.2, 0) is 13.9 Å². The lowest BCUT2D eigenvalue weighted by atomic mass is 10.2. The van der Waals surface area contributed by atoms with E-state index in [1.165, 1.54) is 0 Å². The maximum Gasteiger partial charge on any atom is 0.432 e. The largest absolute Gasteiger partial charge is 0.432 e. The number of carbonyl (C=O) groups is 1. The van der Waals surface area contributed by atoms with Gasteiger partial charge in [0.1, 0.15) is 0 Å². The molecule has 0 aliphatic carbocycles. The molecule has 0 radical (unpaired) electrons. The Morgan fingerprint density at radius 3 is 2.29 bits per heavy atom. The van der Waals surface area contributed by atoms with Gasteiger partial charge < -0.3 is 4.89 Å². The summed E-state index contributed by atoms with van der Waals surface area (Å²) >= 11 is 0. The van der Waals surface area contributed by atoms with Gasteiger partial charge in [-0.15, -0.1) is 0 Å². The molecule has 0 aliphatic heterocycles. The lowest BCUT2D eigenvalue weighted by molar-refractivity contribution is -0.119. The molecule has 0 aromatic heterocycles. The third-order valence-electron chi connectivity index (χ3n) is 1.79. The first-order valence-corrected chi connectivity index (χ1v) is 6.35. The normalized spacial score (nSPS) is 15.2. The van der Waals surface area contributed by atoms with Crippen molar-refractivity contribution in [3.05, 3.63) is 0 Å². The second-order valence-corrected chi connectivity index (χ2v) is 4.43. The molecular formula is C8H18NO4P. The van der Waals surface area contributed by atoms with Crippen LogP contribution in [0, 0.1) is 0 Å². The van der Waals surface area contributed by atoms with Crippen LogP contribution in [-0.4, -0.2) is 16.9 Å². The monoisotopic (exact) mass is 223 g/mol. The topological polar surface area (TPSA) is 75.6 Å². The molecule has 0 aromatic carbocycles. The van der Waals surface area contributed by atoms with Gasteiger partial charge in [0.05, 0.1) is 6.10 Å². The summed E-state index contributed by atoms with van der Waals surface area (Å²) in [5.41, 5.74) is 0. The Kier molecular flexibility index (Phi) is 6.00. The van der Waals surface area contributed by atoms with Gasteiger partial charge in [0.2, 0.25) is 5.91 Å². The lowest BCUT2D eigenvalue weighted by Gasteiger charge is -2.18. The fourth-order valence-electron chi connectivity index (χ4n) is 0.903. The van der Waals surface area contributed by atoms with E-state index in [1.54, 1.807) is 6.92 Å². The zero-order valence-corrected chi connectivity index (χ0v) is 9.71. The Balaban J connectivity index is 4.18. The van der Waals surface area contributed by atoms with Gasteiger partial charge in [0.25, 0.3) is 0 Å². The molecule has 84 valence electrons. The van der Waals surface area contributed by atoms with Gasteiger partial charge in [-0.2, -0.15) is 0 Å². The molecule has 0 rings (SSSR count). The highest BCUT2D eigenvalue weighted by Crippen LogP contribution is 2.39. The van der Waals surface area contributed by atoms with Crippen LogP contribution >= 0.6 is 7.75 Å². The van der Waals surface area contributed by atoms with Crippen LogP contribution in [0.4, 0.5) is 0 Å². The van der Waals surface area contributed by atoms with Crippen LogP contribution in [0.5, 0.6) is 0 Å². The third kappa shape index (κ3) is 5.37. The first kappa shape index (κ1) is 13.6. The Bertz CT molecular complexity index is 227. The number of carbonyl (C=O) groups excluding carboxylic acids is 1. The summed E-state index contributed by atoms with van der Waals surface area (Å²) in [6.45, 7) is 5.32. The van der Waals surface area contributed by atoms with Crippen LogP contribution < -0.4 is 5.09 Å². The summed E-state index contributed by atoms with van der Waals surface area (Å²) in [6, 6.07) is 0. The Morgan fingerprint density at radius 2 is 1.93 bits per heavy atom. The average molecular weight is 223 g/mol. The minimum Gasteiger partial charge on any atom is -0.308 e. The van der Waals surface area contributed by atoms with E-state index < -0.39 is 13.7 Å². The molecular weight excluding hydrogens is 205 g/mol. The first-order chi connectivity index (χ1) is 6.45. The molecule has 0 saturated heterocycles. The second kappa shape index (κ2) is 6.17. The molecule has 5 nitrogen and oxygen atoms in total. The second-order valence-electron chi connectivity index (χ2n) is 2.95. The Morgan fingerprint density at radius 1 is 1.43 bits per heavy atom. The van der Waals surface area contributed by atoms with E-state index in [-0.39, 0.29) is 12.5 Å². The number of amides is 1. The molecule has 0 spiro atoms. The van der Waals surface area contributed by atoms with Crippen molar-refractivity contribution < 1.29 is 18.8 Å². The van der Waals surface area contributed by atoms with Crippen molar-refractivity contribution in [2.75, 3.05) is 0 Å². The summed E-state index contributed by atoms with van der Waals surface area (Å²) in [5, 5.41) is 1.96. The molecule has 1 unspecified atom stereocenters. The quantitative estimate of drug-likeness (QED) is 0.673. The maximum atomic E-state index is 11.3.